The molecule has 0 radical (unpaired) electrons. The van der Waals surface area contributed by atoms with Crippen LogP contribution < -0.4 is 5.56 Å². The van der Waals surface area contributed by atoms with E-state index in [-0.39, 0.29) is 5.56 Å². The van der Waals surface area contributed by atoms with Gasteiger partial charge in [-0.3, -0.25) is 14.3 Å². The van der Waals surface area contributed by atoms with Crippen LogP contribution in [0.3, 0.4) is 0 Å². The van der Waals surface area contributed by atoms with Crippen molar-refractivity contribution in [1.29, 1.82) is 0 Å². The van der Waals surface area contributed by atoms with Crippen LogP contribution in [0.1, 0.15) is 0 Å². The summed E-state index contributed by atoms with van der Waals surface area (Å²) >= 11 is 13.4. The van der Waals surface area contributed by atoms with E-state index in [1.165, 1.54) is 6.07 Å². The SMILES string of the molecule is O=c1ccn(-c2ccc(I)cc2Cl)c(=S)[nH]1. The molecule has 0 spiro atoms. The Kier molecular flexibility index (Phi) is 3.46. The third kappa shape index (κ3) is 2.36. The summed E-state index contributed by atoms with van der Waals surface area (Å²) in [6.45, 7) is 0. The molecule has 1 heterocycles. The van der Waals surface area contributed by atoms with Crippen molar-refractivity contribution in [2.45, 2.75) is 0 Å². The van der Waals surface area contributed by atoms with E-state index in [4.69, 9.17) is 23.8 Å². The molecular formula is C10H6ClIN2OS. The first kappa shape index (κ1) is 11.8. The molecule has 2 rings (SSSR count). The topological polar surface area (TPSA) is 37.8 Å². The fraction of sp³-hybridized carbons (Fsp3) is 0. The van der Waals surface area contributed by atoms with Gasteiger partial charge in [0.2, 0.25) is 0 Å². The van der Waals surface area contributed by atoms with Crippen LogP contribution in [0.15, 0.2) is 35.3 Å². The molecule has 0 saturated heterocycles. The molecule has 0 aliphatic rings. The van der Waals surface area contributed by atoms with Crippen LogP contribution in [0.5, 0.6) is 0 Å². The van der Waals surface area contributed by atoms with Crippen LogP contribution in [-0.4, -0.2) is 9.55 Å². The van der Waals surface area contributed by atoms with Crippen LogP contribution in [0.25, 0.3) is 5.69 Å². The van der Waals surface area contributed by atoms with Gasteiger partial charge in [0.25, 0.3) is 5.56 Å². The summed E-state index contributed by atoms with van der Waals surface area (Å²) in [5.74, 6) is 0. The second-order valence-electron chi connectivity index (χ2n) is 3.08. The quantitative estimate of drug-likeness (QED) is 0.623. The molecule has 1 aromatic heterocycles. The van der Waals surface area contributed by atoms with E-state index in [1.807, 2.05) is 18.2 Å². The number of aromatic nitrogens is 2. The van der Waals surface area contributed by atoms with Gasteiger partial charge >= 0.3 is 0 Å². The first-order chi connectivity index (χ1) is 7.58. The van der Waals surface area contributed by atoms with Crippen LogP contribution in [0.4, 0.5) is 0 Å². The predicted octanol–water partition coefficient (Wildman–Crippen LogP) is 3.15. The molecule has 6 heteroatoms. The Bertz CT molecular complexity index is 650. The third-order valence-corrected chi connectivity index (χ3v) is 3.27. The van der Waals surface area contributed by atoms with Crippen LogP contribution in [0, 0.1) is 8.34 Å². The predicted molar refractivity (Wildman–Crippen MR) is 75.0 cm³/mol. The molecule has 0 fully saturated rings. The zero-order valence-electron chi connectivity index (χ0n) is 7.91. The van der Waals surface area contributed by atoms with Crippen molar-refractivity contribution in [3.05, 3.63) is 54.2 Å². The fourth-order valence-corrected chi connectivity index (χ4v) is 2.49. The minimum atomic E-state index is -0.220. The van der Waals surface area contributed by atoms with Crippen molar-refractivity contribution >= 4 is 46.4 Å². The van der Waals surface area contributed by atoms with Gasteiger partial charge in [-0.1, -0.05) is 11.6 Å². The molecule has 3 nitrogen and oxygen atoms in total. The van der Waals surface area contributed by atoms with Gasteiger partial charge in [-0.2, -0.15) is 0 Å². The van der Waals surface area contributed by atoms with Crippen LogP contribution in [-0.2, 0) is 0 Å². The molecule has 0 aliphatic carbocycles. The molecule has 0 bridgehead atoms. The Hall–Kier alpha value is -0.660. The number of halogens is 2. The number of H-pyrrole nitrogens is 1. The summed E-state index contributed by atoms with van der Waals surface area (Å²) in [6, 6.07) is 7.03. The molecule has 0 unspecified atom stereocenters. The van der Waals surface area contributed by atoms with Gasteiger partial charge in [0, 0.05) is 15.8 Å². The summed E-state index contributed by atoms with van der Waals surface area (Å²) in [5.41, 5.74) is 0.534. The van der Waals surface area contributed by atoms with E-state index in [1.54, 1.807) is 10.8 Å². The Labute approximate surface area is 115 Å². The van der Waals surface area contributed by atoms with Gasteiger partial charge in [0.05, 0.1) is 10.7 Å². The minimum Gasteiger partial charge on any atom is -0.299 e. The average Bonchev–Trinajstić information content (AvgIpc) is 2.19. The van der Waals surface area contributed by atoms with Crippen LogP contribution >= 0.6 is 46.4 Å². The van der Waals surface area contributed by atoms with Gasteiger partial charge in [0.15, 0.2) is 4.77 Å². The first-order valence-corrected chi connectivity index (χ1v) is 6.22. The van der Waals surface area contributed by atoms with E-state index in [0.29, 0.717) is 9.79 Å². The van der Waals surface area contributed by atoms with Crippen molar-refractivity contribution in [1.82, 2.24) is 9.55 Å². The second kappa shape index (κ2) is 4.68. The number of rotatable bonds is 1. The molecule has 2 aromatic rings. The number of nitrogens with zero attached hydrogens (tertiary/aromatic N) is 1. The Morgan fingerprint density at radius 3 is 2.75 bits per heavy atom. The fourth-order valence-electron chi connectivity index (χ4n) is 1.28. The molecule has 1 aromatic carbocycles. The van der Waals surface area contributed by atoms with E-state index in [9.17, 15) is 4.79 Å². The highest BCUT2D eigenvalue weighted by Gasteiger charge is 2.03. The largest absolute Gasteiger partial charge is 0.299 e. The Morgan fingerprint density at radius 2 is 2.12 bits per heavy atom. The number of benzene rings is 1. The van der Waals surface area contributed by atoms with E-state index >= 15 is 0 Å². The minimum absolute atomic E-state index is 0.220. The molecular weight excluding hydrogens is 359 g/mol. The van der Waals surface area contributed by atoms with Gasteiger partial charge in [-0.15, -0.1) is 0 Å². The monoisotopic (exact) mass is 364 g/mol. The molecule has 16 heavy (non-hydrogen) atoms. The van der Waals surface area contributed by atoms with Crippen molar-refractivity contribution in [2.75, 3.05) is 0 Å². The molecule has 0 saturated carbocycles. The van der Waals surface area contributed by atoms with E-state index in [0.717, 1.165) is 9.26 Å². The lowest BCUT2D eigenvalue weighted by atomic mass is 10.3. The summed E-state index contributed by atoms with van der Waals surface area (Å²) in [5, 5.41) is 0.593. The number of hydrogen-bond acceptors (Lipinski definition) is 2. The standard InChI is InChI=1S/C10H6ClIN2OS/c11-7-5-6(12)1-2-8(7)14-4-3-9(15)13-10(14)16/h1-5H,(H,13,15,16). The summed E-state index contributed by atoms with van der Waals surface area (Å²) in [4.78, 5) is 13.6. The van der Waals surface area contributed by atoms with Gasteiger partial charge < -0.3 is 0 Å². The highest BCUT2D eigenvalue weighted by molar-refractivity contribution is 14.1. The molecule has 82 valence electrons. The zero-order valence-corrected chi connectivity index (χ0v) is 11.6. The van der Waals surface area contributed by atoms with Crippen molar-refractivity contribution in [3.63, 3.8) is 0 Å². The van der Waals surface area contributed by atoms with Crippen molar-refractivity contribution in [3.8, 4) is 5.69 Å². The lowest BCUT2D eigenvalue weighted by Crippen LogP contribution is -2.10. The number of hydrogen-bond donors (Lipinski definition) is 1. The smallest absolute Gasteiger partial charge is 0.251 e. The maximum atomic E-state index is 11.0. The second-order valence-corrected chi connectivity index (χ2v) is 5.12. The van der Waals surface area contributed by atoms with Gasteiger partial charge in [0.1, 0.15) is 0 Å². The third-order valence-electron chi connectivity index (χ3n) is 1.99. The van der Waals surface area contributed by atoms with Gasteiger partial charge in [-0.25, -0.2) is 0 Å². The molecule has 1 N–H and O–H groups in total. The molecule has 0 aliphatic heterocycles. The average molecular weight is 365 g/mol. The number of aromatic amines is 1. The molecule has 0 amide bonds. The molecule has 0 atom stereocenters. The summed E-state index contributed by atoms with van der Waals surface area (Å²) < 4.78 is 3.03. The maximum absolute atomic E-state index is 11.0. The van der Waals surface area contributed by atoms with E-state index < -0.39 is 0 Å². The Balaban J connectivity index is 2.68. The van der Waals surface area contributed by atoms with Crippen molar-refractivity contribution < 1.29 is 0 Å². The highest BCUT2D eigenvalue weighted by Crippen LogP contribution is 2.22. The first-order valence-electron chi connectivity index (χ1n) is 4.35. The van der Waals surface area contributed by atoms with Crippen LogP contribution in [0.2, 0.25) is 5.02 Å². The lowest BCUT2D eigenvalue weighted by Gasteiger charge is -2.08. The Morgan fingerprint density at radius 1 is 1.38 bits per heavy atom. The van der Waals surface area contributed by atoms with Gasteiger partial charge in [-0.05, 0) is 53.0 Å². The highest BCUT2D eigenvalue weighted by atomic mass is 127. The lowest BCUT2D eigenvalue weighted by molar-refractivity contribution is 0.937. The summed E-state index contributed by atoms with van der Waals surface area (Å²) in [6.07, 6.45) is 1.61. The maximum Gasteiger partial charge on any atom is 0.251 e. The summed E-state index contributed by atoms with van der Waals surface area (Å²) in [7, 11) is 0. The van der Waals surface area contributed by atoms with Crippen molar-refractivity contribution in [2.24, 2.45) is 0 Å². The zero-order chi connectivity index (χ0) is 11.7. The normalized spacial score (nSPS) is 10.4. The number of nitrogens with one attached hydrogen (secondary N) is 1. The van der Waals surface area contributed by atoms with E-state index in [2.05, 4.69) is 27.6 Å².